The molecule has 3 atom stereocenters. The Morgan fingerprint density at radius 3 is 2.95 bits per heavy atom. The van der Waals surface area contributed by atoms with Crippen LogP contribution in [0.4, 0.5) is 5.82 Å². The van der Waals surface area contributed by atoms with Gasteiger partial charge in [-0.15, -0.1) is 0 Å². The molecule has 21 heavy (non-hydrogen) atoms. The highest BCUT2D eigenvalue weighted by Crippen LogP contribution is 2.33. The Kier molecular flexibility index (Phi) is 3.54. The van der Waals surface area contributed by atoms with Gasteiger partial charge in [0.1, 0.15) is 17.6 Å². The third-order valence-corrected chi connectivity index (χ3v) is 3.78. The number of hydrogen-bond donors (Lipinski definition) is 2. The van der Waals surface area contributed by atoms with Crippen molar-refractivity contribution in [2.75, 3.05) is 5.73 Å². The molecule has 7 heteroatoms. The Labute approximate surface area is 123 Å². The van der Waals surface area contributed by atoms with E-state index >= 15 is 0 Å². The summed E-state index contributed by atoms with van der Waals surface area (Å²) in [6.07, 6.45) is 2.15. The summed E-state index contributed by atoms with van der Waals surface area (Å²) < 4.78 is 7.83. The first kappa shape index (κ1) is 14.2. The summed E-state index contributed by atoms with van der Waals surface area (Å²) in [6.45, 7) is 6.03. The van der Waals surface area contributed by atoms with Gasteiger partial charge < -0.3 is 15.6 Å². The minimum Gasteiger partial charge on any atom is -0.390 e. The van der Waals surface area contributed by atoms with E-state index in [-0.39, 0.29) is 12.3 Å². The SMILES string of the molecule is Cc1nc(N)c2ncn([C@H]3C[C@H](O)[C@@H](CC(C)C)O3)c2n1. The second kappa shape index (κ2) is 5.23. The number of nitrogen functional groups attached to an aromatic ring is 1. The van der Waals surface area contributed by atoms with Crippen LogP contribution in [-0.4, -0.2) is 36.8 Å². The molecule has 2 aromatic rings. The molecule has 0 radical (unpaired) electrons. The highest BCUT2D eigenvalue weighted by atomic mass is 16.5. The molecule has 0 bridgehead atoms. The zero-order chi connectivity index (χ0) is 15.1. The van der Waals surface area contributed by atoms with Gasteiger partial charge in [0.2, 0.25) is 0 Å². The zero-order valence-corrected chi connectivity index (χ0v) is 12.5. The Morgan fingerprint density at radius 2 is 2.24 bits per heavy atom. The van der Waals surface area contributed by atoms with E-state index in [0.29, 0.717) is 35.1 Å². The number of aromatic nitrogens is 4. The molecule has 3 heterocycles. The molecule has 1 aliphatic heterocycles. The zero-order valence-electron chi connectivity index (χ0n) is 12.5. The molecule has 0 aliphatic carbocycles. The lowest BCUT2D eigenvalue weighted by Gasteiger charge is -2.17. The van der Waals surface area contributed by atoms with E-state index in [0.717, 1.165) is 6.42 Å². The Balaban J connectivity index is 1.91. The van der Waals surface area contributed by atoms with Crippen LogP contribution < -0.4 is 5.73 Å². The fourth-order valence-corrected chi connectivity index (χ4v) is 2.83. The Hall–Kier alpha value is -1.73. The summed E-state index contributed by atoms with van der Waals surface area (Å²) in [4.78, 5) is 12.8. The number of rotatable bonds is 3. The number of ether oxygens (including phenoxy) is 1. The van der Waals surface area contributed by atoms with Crippen molar-refractivity contribution in [2.45, 2.75) is 52.0 Å². The summed E-state index contributed by atoms with van der Waals surface area (Å²) in [7, 11) is 0. The van der Waals surface area contributed by atoms with E-state index < -0.39 is 6.10 Å². The first-order valence-electron chi connectivity index (χ1n) is 7.26. The standard InChI is InChI=1S/C14H21N5O2/c1-7(2)4-10-9(20)5-11(21-10)19-6-16-12-13(15)17-8(3)18-14(12)19/h6-7,9-11,20H,4-5H2,1-3H3,(H2,15,17,18)/t9-,10+,11+/m0/s1. The molecule has 0 spiro atoms. The Bertz CT molecular complexity index is 654. The lowest BCUT2D eigenvalue weighted by molar-refractivity contribution is -0.0264. The summed E-state index contributed by atoms with van der Waals surface area (Å²) >= 11 is 0. The van der Waals surface area contributed by atoms with Crippen LogP contribution in [-0.2, 0) is 4.74 Å². The molecule has 2 aromatic heterocycles. The average molecular weight is 291 g/mol. The monoisotopic (exact) mass is 291 g/mol. The van der Waals surface area contributed by atoms with Gasteiger partial charge in [-0.05, 0) is 19.3 Å². The maximum absolute atomic E-state index is 10.2. The van der Waals surface area contributed by atoms with Crippen LogP contribution in [0.3, 0.4) is 0 Å². The predicted molar refractivity (Wildman–Crippen MR) is 78.5 cm³/mol. The number of anilines is 1. The molecule has 3 N–H and O–H groups in total. The molecule has 0 aromatic carbocycles. The van der Waals surface area contributed by atoms with E-state index in [4.69, 9.17) is 10.5 Å². The Morgan fingerprint density at radius 1 is 1.48 bits per heavy atom. The summed E-state index contributed by atoms with van der Waals surface area (Å²) in [5.41, 5.74) is 7.10. The van der Waals surface area contributed by atoms with Crippen LogP contribution in [0, 0.1) is 12.8 Å². The van der Waals surface area contributed by atoms with Crippen LogP contribution in [0.25, 0.3) is 11.2 Å². The van der Waals surface area contributed by atoms with Gasteiger partial charge in [-0.3, -0.25) is 4.57 Å². The van der Waals surface area contributed by atoms with E-state index in [1.165, 1.54) is 0 Å². The molecule has 1 aliphatic rings. The molecule has 3 rings (SSSR count). The van der Waals surface area contributed by atoms with Gasteiger partial charge >= 0.3 is 0 Å². The van der Waals surface area contributed by atoms with Crippen molar-refractivity contribution < 1.29 is 9.84 Å². The number of aryl methyl sites for hydroxylation is 1. The van der Waals surface area contributed by atoms with Crippen molar-refractivity contribution >= 4 is 17.0 Å². The lowest BCUT2D eigenvalue weighted by atomic mass is 10.0. The molecular formula is C14H21N5O2. The van der Waals surface area contributed by atoms with Crippen LogP contribution >= 0.6 is 0 Å². The average Bonchev–Trinajstić information content (AvgIpc) is 2.93. The van der Waals surface area contributed by atoms with Gasteiger partial charge in [0, 0.05) is 6.42 Å². The number of aliphatic hydroxyl groups is 1. The summed E-state index contributed by atoms with van der Waals surface area (Å²) in [5, 5.41) is 10.2. The van der Waals surface area contributed by atoms with E-state index in [9.17, 15) is 5.11 Å². The third kappa shape index (κ3) is 2.58. The number of aliphatic hydroxyl groups excluding tert-OH is 1. The highest BCUT2D eigenvalue weighted by molar-refractivity contribution is 5.81. The lowest BCUT2D eigenvalue weighted by Crippen LogP contribution is -2.22. The van der Waals surface area contributed by atoms with Crippen LogP contribution in [0.2, 0.25) is 0 Å². The van der Waals surface area contributed by atoms with Crippen molar-refractivity contribution in [1.82, 2.24) is 19.5 Å². The highest BCUT2D eigenvalue weighted by Gasteiger charge is 2.36. The second-order valence-electron chi connectivity index (χ2n) is 6.04. The minimum atomic E-state index is -0.463. The van der Waals surface area contributed by atoms with Gasteiger partial charge in [0.15, 0.2) is 11.5 Å². The first-order chi connectivity index (χ1) is 9.95. The summed E-state index contributed by atoms with van der Waals surface area (Å²) in [5.74, 6) is 1.44. The molecule has 0 amide bonds. The molecule has 1 saturated heterocycles. The maximum atomic E-state index is 10.2. The largest absolute Gasteiger partial charge is 0.390 e. The van der Waals surface area contributed by atoms with Crippen molar-refractivity contribution in [1.29, 1.82) is 0 Å². The van der Waals surface area contributed by atoms with E-state index in [2.05, 4.69) is 28.8 Å². The number of nitrogens with zero attached hydrogens (tertiary/aromatic N) is 4. The van der Waals surface area contributed by atoms with Gasteiger partial charge in [0.05, 0.1) is 18.5 Å². The van der Waals surface area contributed by atoms with Gasteiger partial charge in [-0.1, -0.05) is 13.8 Å². The number of imidazole rings is 1. The fraction of sp³-hybridized carbons (Fsp3) is 0.643. The normalized spacial score (nSPS) is 26.0. The van der Waals surface area contributed by atoms with Gasteiger partial charge in [-0.25, -0.2) is 15.0 Å². The van der Waals surface area contributed by atoms with Crippen molar-refractivity contribution in [3.63, 3.8) is 0 Å². The molecular weight excluding hydrogens is 270 g/mol. The number of hydrogen-bond acceptors (Lipinski definition) is 6. The van der Waals surface area contributed by atoms with Crippen molar-refractivity contribution in [3.05, 3.63) is 12.2 Å². The van der Waals surface area contributed by atoms with Crippen LogP contribution in [0.5, 0.6) is 0 Å². The van der Waals surface area contributed by atoms with Crippen molar-refractivity contribution in [2.24, 2.45) is 5.92 Å². The van der Waals surface area contributed by atoms with Crippen molar-refractivity contribution in [3.8, 4) is 0 Å². The fourth-order valence-electron chi connectivity index (χ4n) is 2.83. The summed E-state index contributed by atoms with van der Waals surface area (Å²) in [6, 6.07) is 0. The second-order valence-corrected chi connectivity index (χ2v) is 6.04. The van der Waals surface area contributed by atoms with Crippen LogP contribution in [0.15, 0.2) is 6.33 Å². The maximum Gasteiger partial charge on any atom is 0.167 e. The topological polar surface area (TPSA) is 99.1 Å². The molecule has 1 fully saturated rings. The van der Waals surface area contributed by atoms with E-state index in [1.807, 2.05) is 4.57 Å². The number of nitrogens with two attached hydrogens (primary N) is 1. The smallest absolute Gasteiger partial charge is 0.167 e. The molecule has 7 nitrogen and oxygen atoms in total. The molecule has 0 saturated carbocycles. The quantitative estimate of drug-likeness (QED) is 0.887. The van der Waals surface area contributed by atoms with Crippen LogP contribution in [0.1, 0.15) is 38.7 Å². The van der Waals surface area contributed by atoms with Gasteiger partial charge in [-0.2, -0.15) is 0 Å². The first-order valence-corrected chi connectivity index (χ1v) is 7.26. The molecule has 114 valence electrons. The van der Waals surface area contributed by atoms with E-state index in [1.54, 1.807) is 13.3 Å². The van der Waals surface area contributed by atoms with Gasteiger partial charge in [0.25, 0.3) is 0 Å². The number of fused-ring (bicyclic) bond motifs is 1. The molecule has 0 unspecified atom stereocenters. The predicted octanol–water partition coefficient (Wildman–Crippen LogP) is 1.41. The third-order valence-electron chi connectivity index (χ3n) is 3.78. The minimum absolute atomic E-state index is 0.146.